The van der Waals surface area contributed by atoms with Crippen LogP contribution < -0.4 is 10.6 Å². The molecule has 0 unspecified atom stereocenters. The van der Waals surface area contributed by atoms with E-state index >= 15 is 0 Å². The Labute approximate surface area is 211 Å². The van der Waals surface area contributed by atoms with Crippen molar-refractivity contribution in [2.24, 2.45) is 5.41 Å². The van der Waals surface area contributed by atoms with E-state index in [9.17, 15) is 27.9 Å². The van der Waals surface area contributed by atoms with E-state index in [1.54, 1.807) is 24.3 Å². The van der Waals surface area contributed by atoms with Crippen molar-refractivity contribution in [2.75, 3.05) is 16.8 Å². The molecule has 3 N–H and O–H groups in total. The fraction of sp³-hybridized carbons (Fsp3) is 0.304. The lowest BCUT2D eigenvalue weighted by molar-refractivity contribution is -0.140. The molecule has 1 amide bonds. The van der Waals surface area contributed by atoms with Gasteiger partial charge in [0, 0.05) is 36.3 Å². The molecule has 0 radical (unpaired) electrons. The summed E-state index contributed by atoms with van der Waals surface area (Å²) in [5.41, 5.74) is 0.754. The monoisotopic (exact) mass is 537 g/mol. The number of sulfone groups is 1. The largest absolute Gasteiger partial charge is 0.480 e. The molecule has 1 saturated heterocycles. The standard InChI is InChI=1S/C23H21Cl2N3O6S/c24-15-11-26-12-16(25)20(15)21(30)27-14-3-1-13(2-4-14)9-17(22(31)32)28-18-10-19(29)23(18)5-7-35(33,34)8-6-23/h1-4,10-12,17,28H,5-9H2,(H,27,30)(H,31,32)/t17-/m0/s1. The Balaban J connectivity index is 1.42. The van der Waals surface area contributed by atoms with Gasteiger partial charge in [-0.2, -0.15) is 0 Å². The smallest absolute Gasteiger partial charge is 0.326 e. The van der Waals surface area contributed by atoms with Gasteiger partial charge in [0.05, 0.1) is 32.5 Å². The van der Waals surface area contributed by atoms with Crippen molar-refractivity contribution in [3.05, 3.63) is 69.6 Å². The number of benzene rings is 1. The third-order valence-corrected chi connectivity index (χ3v) is 8.53. The Morgan fingerprint density at radius 3 is 2.23 bits per heavy atom. The maximum atomic E-state index is 12.5. The summed E-state index contributed by atoms with van der Waals surface area (Å²) in [6.45, 7) is 0. The molecule has 4 rings (SSSR count). The summed E-state index contributed by atoms with van der Waals surface area (Å²) in [4.78, 5) is 40.5. The number of amides is 1. The highest BCUT2D eigenvalue weighted by Crippen LogP contribution is 2.46. The number of halogens is 2. The average molecular weight is 538 g/mol. The third kappa shape index (κ3) is 5.19. The lowest BCUT2D eigenvalue weighted by atomic mass is 9.67. The molecule has 184 valence electrons. The number of hydrogen-bond acceptors (Lipinski definition) is 7. The highest BCUT2D eigenvalue weighted by Gasteiger charge is 2.51. The quantitative estimate of drug-likeness (QED) is 0.489. The van der Waals surface area contributed by atoms with E-state index in [0.29, 0.717) is 16.9 Å². The molecule has 1 atom stereocenters. The van der Waals surface area contributed by atoms with Crippen molar-refractivity contribution < 1.29 is 27.9 Å². The number of carboxylic acid groups (broad SMARTS) is 1. The zero-order valence-electron chi connectivity index (χ0n) is 18.3. The number of carboxylic acids is 1. The van der Waals surface area contributed by atoms with Gasteiger partial charge in [-0.3, -0.25) is 14.6 Å². The van der Waals surface area contributed by atoms with Crippen LogP contribution in [0.5, 0.6) is 0 Å². The van der Waals surface area contributed by atoms with Crippen molar-refractivity contribution in [3.63, 3.8) is 0 Å². The van der Waals surface area contributed by atoms with Crippen molar-refractivity contribution >= 4 is 56.4 Å². The molecule has 1 aliphatic heterocycles. The number of allylic oxidation sites excluding steroid dienone is 2. The van der Waals surface area contributed by atoms with Crippen molar-refractivity contribution in [1.29, 1.82) is 0 Å². The Hall–Kier alpha value is -2.95. The first-order chi connectivity index (χ1) is 16.5. The van der Waals surface area contributed by atoms with Gasteiger partial charge in [-0.25, -0.2) is 13.2 Å². The maximum absolute atomic E-state index is 12.5. The first-order valence-corrected chi connectivity index (χ1v) is 13.2. The van der Waals surface area contributed by atoms with E-state index in [-0.39, 0.29) is 52.2 Å². The second kappa shape index (κ2) is 9.60. The molecule has 1 aliphatic carbocycles. The number of pyridine rings is 1. The number of carbonyl (C=O) groups is 3. The van der Waals surface area contributed by atoms with Gasteiger partial charge in [-0.1, -0.05) is 35.3 Å². The first-order valence-electron chi connectivity index (χ1n) is 10.7. The summed E-state index contributed by atoms with van der Waals surface area (Å²) >= 11 is 12.0. The molecule has 1 spiro atoms. The molecular formula is C23H21Cl2N3O6S. The lowest BCUT2D eigenvalue weighted by Gasteiger charge is -2.44. The van der Waals surface area contributed by atoms with Gasteiger partial charge in [0.25, 0.3) is 5.91 Å². The second-order valence-corrected chi connectivity index (χ2v) is 11.6. The van der Waals surface area contributed by atoms with E-state index in [4.69, 9.17) is 23.2 Å². The Kier molecular flexibility index (Phi) is 6.90. The van der Waals surface area contributed by atoms with Crippen LogP contribution in [0.15, 0.2) is 48.4 Å². The molecular weight excluding hydrogens is 517 g/mol. The summed E-state index contributed by atoms with van der Waals surface area (Å²) in [5, 5.41) is 15.6. The summed E-state index contributed by atoms with van der Waals surface area (Å²) in [6, 6.07) is 5.56. The number of hydrogen-bond donors (Lipinski definition) is 3. The third-order valence-electron chi connectivity index (χ3n) is 6.30. The van der Waals surface area contributed by atoms with Crippen LogP contribution in [0.3, 0.4) is 0 Å². The molecule has 35 heavy (non-hydrogen) atoms. The minimum Gasteiger partial charge on any atom is -0.480 e. The maximum Gasteiger partial charge on any atom is 0.326 e. The number of rotatable bonds is 7. The molecule has 0 saturated carbocycles. The van der Waals surface area contributed by atoms with Gasteiger partial charge in [-0.05, 0) is 30.5 Å². The molecule has 1 fully saturated rings. The fourth-order valence-electron chi connectivity index (χ4n) is 4.21. The Bertz CT molecular complexity index is 1310. The van der Waals surface area contributed by atoms with Crippen molar-refractivity contribution in [2.45, 2.75) is 25.3 Å². The highest BCUT2D eigenvalue weighted by molar-refractivity contribution is 7.91. The lowest BCUT2D eigenvalue weighted by Crippen LogP contribution is -2.53. The molecule has 9 nitrogen and oxygen atoms in total. The molecule has 1 aromatic carbocycles. The van der Waals surface area contributed by atoms with Gasteiger partial charge >= 0.3 is 5.97 Å². The normalized spacial score (nSPS) is 18.8. The molecule has 12 heteroatoms. The van der Waals surface area contributed by atoms with Crippen LogP contribution in [0.1, 0.15) is 28.8 Å². The first kappa shape index (κ1) is 25.2. The summed E-state index contributed by atoms with van der Waals surface area (Å²) < 4.78 is 23.6. The predicted molar refractivity (Wildman–Crippen MR) is 130 cm³/mol. The van der Waals surface area contributed by atoms with Crippen LogP contribution in [0.25, 0.3) is 0 Å². The Morgan fingerprint density at radius 2 is 1.69 bits per heavy atom. The van der Waals surface area contributed by atoms with Crippen LogP contribution >= 0.6 is 23.2 Å². The molecule has 2 aliphatic rings. The van der Waals surface area contributed by atoms with Gasteiger partial charge in [-0.15, -0.1) is 0 Å². The van der Waals surface area contributed by atoms with Crippen LogP contribution in [-0.2, 0) is 25.8 Å². The van der Waals surface area contributed by atoms with E-state index in [1.165, 1.54) is 18.5 Å². The summed E-state index contributed by atoms with van der Waals surface area (Å²) in [7, 11) is -3.18. The van der Waals surface area contributed by atoms with E-state index < -0.39 is 33.2 Å². The number of aliphatic carboxylic acids is 1. The van der Waals surface area contributed by atoms with Gasteiger partial charge < -0.3 is 15.7 Å². The number of ketones is 1. The summed E-state index contributed by atoms with van der Waals surface area (Å²) in [6.07, 6.45) is 4.38. The summed E-state index contributed by atoms with van der Waals surface area (Å²) in [5.74, 6) is -1.99. The molecule has 2 heterocycles. The van der Waals surface area contributed by atoms with Crippen molar-refractivity contribution in [3.8, 4) is 0 Å². The van der Waals surface area contributed by atoms with Crippen LogP contribution in [0.4, 0.5) is 5.69 Å². The van der Waals surface area contributed by atoms with E-state index in [1.807, 2.05) is 0 Å². The zero-order valence-corrected chi connectivity index (χ0v) is 20.6. The minimum atomic E-state index is -3.18. The second-order valence-electron chi connectivity index (χ2n) is 8.52. The number of aromatic nitrogens is 1. The van der Waals surface area contributed by atoms with Gasteiger partial charge in [0.1, 0.15) is 15.9 Å². The number of nitrogens with one attached hydrogen (secondary N) is 2. The molecule has 1 aromatic heterocycles. The number of nitrogens with zero attached hydrogens (tertiary/aromatic N) is 1. The topological polar surface area (TPSA) is 143 Å². The minimum absolute atomic E-state index is 0.0929. The number of carbonyl (C=O) groups excluding carboxylic acids is 2. The van der Waals surface area contributed by atoms with Gasteiger partial charge in [0.15, 0.2) is 5.78 Å². The molecule has 2 aromatic rings. The number of anilines is 1. The Morgan fingerprint density at radius 1 is 1.09 bits per heavy atom. The zero-order chi connectivity index (χ0) is 25.4. The van der Waals surface area contributed by atoms with E-state index in [0.717, 1.165) is 0 Å². The highest BCUT2D eigenvalue weighted by atomic mass is 35.5. The molecule has 0 bridgehead atoms. The van der Waals surface area contributed by atoms with Crippen LogP contribution in [0, 0.1) is 5.41 Å². The van der Waals surface area contributed by atoms with Gasteiger partial charge in [0.2, 0.25) is 0 Å². The van der Waals surface area contributed by atoms with E-state index in [2.05, 4.69) is 15.6 Å². The SMILES string of the molecule is O=C(Nc1ccc(C[C@H](NC2=CC(=O)C23CCS(=O)(=O)CC3)C(=O)O)cc1)c1c(Cl)cncc1Cl. The van der Waals surface area contributed by atoms with Crippen LogP contribution in [0.2, 0.25) is 10.0 Å². The fourth-order valence-corrected chi connectivity index (χ4v) is 6.27. The van der Waals surface area contributed by atoms with Crippen molar-refractivity contribution in [1.82, 2.24) is 10.3 Å². The average Bonchev–Trinajstić information content (AvgIpc) is 2.79. The predicted octanol–water partition coefficient (Wildman–Crippen LogP) is 2.89. The van der Waals surface area contributed by atoms with Crippen LogP contribution in [-0.4, -0.2) is 53.7 Å².